The molecule has 2 unspecified atom stereocenters. The Bertz CT molecular complexity index is 4190. The number of imidazole rings is 2. The number of benzene rings is 6. The summed E-state index contributed by atoms with van der Waals surface area (Å²) in [4.78, 5) is 108. The van der Waals surface area contributed by atoms with E-state index in [0.29, 0.717) is 55.2 Å². The number of anilines is 2. The maximum absolute atomic E-state index is 14.0. The predicted molar refractivity (Wildman–Crippen MR) is 367 cm³/mol. The quantitative estimate of drug-likeness (QED) is 0.0332. The zero-order chi connectivity index (χ0) is 71.4. The number of aromatic nitrogens is 4. The molecule has 2 aromatic heterocycles. The first-order valence-corrected chi connectivity index (χ1v) is 32.0. The molecule has 0 aliphatic carbocycles. The third-order valence-electron chi connectivity index (χ3n) is 14.9. The molecule has 0 saturated heterocycles. The Labute approximate surface area is 573 Å². The van der Waals surface area contributed by atoms with Crippen molar-refractivity contribution in [2.75, 3.05) is 23.8 Å². The van der Waals surface area contributed by atoms with E-state index in [2.05, 4.69) is 15.6 Å². The van der Waals surface area contributed by atoms with Crippen molar-refractivity contribution in [3.8, 4) is 22.9 Å². The molecule has 99 heavy (non-hydrogen) atoms. The minimum Gasteiger partial charge on any atom is -0.537 e. The van der Waals surface area contributed by atoms with Crippen LogP contribution in [0, 0.1) is 0 Å². The lowest BCUT2D eigenvalue weighted by atomic mass is 10.1. The molecular weight excluding hydrogens is 1280 g/mol. The van der Waals surface area contributed by atoms with Crippen LogP contribution < -0.4 is 36.1 Å². The lowest BCUT2D eigenvalue weighted by molar-refractivity contribution is 0.00840. The van der Waals surface area contributed by atoms with Crippen LogP contribution >= 0.6 is 0 Å². The number of aromatic amines is 1. The number of nitrogens with zero attached hydrogens (tertiary/aromatic N) is 5. The van der Waals surface area contributed by atoms with Gasteiger partial charge in [0.2, 0.25) is 0 Å². The van der Waals surface area contributed by atoms with Crippen LogP contribution in [-0.2, 0) is 81.0 Å². The molecule has 4 N–H and O–H groups in total. The van der Waals surface area contributed by atoms with Crippen LogP contribution in [0.3, 0.4) is 0 Å². The minimum absolute atomic E-state index is 0.0298. The highest BCUT2D eigenvalue weighted by atomic mass is 16.6. The number of nitrogens with one attached hydrogen (secondary N) is 3. The molecule has 2 atom stereocenters. The Hall–Kier alpha value is -11.2. The van der Waals surface area contributed by atoms with Crippen molar-refractivity contribution in [1.82, 2.24) is 28.5 Å². The topological polar surface area (TPSA) is 301 Å². The van der Waals surface area contributed by atoms with Crippen molar-refractivity contribution in [1.29, 1.82) is 0 Å². The fourth-order valence-corrected chi connectivity index (χ4v) is 10.3. The van der Waals surface area contributed by atoms with E-state index in [1.807, 2.05) is 135 Å². The SMILES string of the molecule is CCOC(=O)c1[nH]c(=O)n2c1CN(C(=O)OC(C)(C)C)C(C)C2.CCOC(=O)c1c2n(c(=O)n1-c1ccc(OCc3ccccc3)c(NC(=O)OCc3ccccc3)c1)CC(C)N(C(=O)OC(C)(C)C)C2.O=C(Nc1cc(O[B]O)ccc1OCc1ccccc1)OCc1ccccc1. The van der Waals surface area contributed by atoms with Gasteiger partial charge >= 0.3 is 55.4 Å². The maximum Gasteiger partial charge on any atom is 0.569 e. The first kappa shape index (κ1) is 73.6. The second kappa shape index (κ2) is 34.1. The Balaban J connectivity index is 0.000000207. The van der Waals surface area contributed by atoms with Crippen molar-refractivity contribution in [3.63, 3.8) is 0 Å². The van der Waals surface area contributed by atoms with Gasteiger partial charge in [0.05, 0.1) is 66.8 Å². The number of fused-ring (bicyclic) bond motifs is 2. The van der Waals surface area contributed by atoms with Gasteiger partial charge in [0.25, 0.3) is 0 Å². The summed E-state index contributed by atoms with van der Waals surface area (Å²) in [6.45, 7) is 19.1. The van der Waals surface area contributed by atoms with Crippen molar-refractivity contribution >= 4 is 55.4 Å². The van der Waals surface area contributed by atoms with E-state index < -0.39 is 59.2 Å². The molecular formula is C72H82BN8O18. The van der Waals surface area contributed by atoms with Gasteiger partial charge in [0.15, 0.2) is 11.4 Å². The first-order valence-electron chi connectivity index (χ1n) is 32.0. The molecule has 26 nitrogen and oxygen atoms in total. The zero-order valence-electron chi connectivity index (χ0n) is 56.9. The van der Waals surface area contributed by atoms with Crippen LogP contribution in [0.4, 0.5) is 30.6 Å². The number of carbonyl (C=O) groups excluding carboxylic acids is 6. The molecule has 1 radical (unpaired) electrons. The second-order valence-electron chi connectivity index (χ2n) is 24.7. The molecule has 0 spiro atoms. The Morgan fingerprint density at radius 1 is 0.535 bits per heavy atom. The van der Waals surface area contributed by atoms with Crippen LogP contribution in [0.5, 0.6) is 17.2 Å². The number of amides is 4. The largest absolute Gasteiger partial charge is 0.569 e. The molecule has 10 rings (SSSR count). The highest BCUT2D eigenvalue weighted by Crippen LogP contribution is 2.33. The molecule has 2 aliphatic heterocycles. The summed E-state index contributed by atoms with van der Waals surface area (Å²) in [5.41, 5.74) is 3.03. The van der Waals surface area contributed by atoms with Crippen LogP contribution in [0.2, 0.25) is 0 Å². The third kappa shape index (κ3) is 20.7. The Morgan fingerprint density at radius 3 is 1.41 bits per heavy atom. The fraction of sp³-hybridized carbons (Fsp3) is 0.333. The van der Waals surface area contributed by atoms with E-state index in [1.54, 1.807) is 79.7 Å². The summed E-state index contributed by atoms with van der Waals surface area (Å²) >= 11 is 0. The predicted octanol–water partition coefficient (Wildman–Crippen LogP) is 11.7. The Kier molecular flexibility index (Phi) is 25.4. The van der Waals surface area contributed by atoms with Crippen LogP contribution in [0.15, 0.2) is 167 Å². The van der Waals surface area contributed by atoms with Gasteiger partial charge in [-0.1, -0.05) is 121 Å². The van der Waals surface area contributed by atoms with Crippen LogP contribution in [-0.4, -0.2) is 114 Å². The van der Waals surface area contributed by atoms with Crippen LogP contribution in [0.1, 0.15) is 124 Å². The minimum atomic E-state index is -0.739. The molecule has 2 aliphatic rings. The van der Waals surface area contributed by atoms with Crippen LogP contribution in [0.25, 0.3) is 5.69 Å². The molecule has 4 heterocycles. The lowest BCUT2D eigenvalue weighted by Gasteiger charge is -2.35. The van der Waals surface area contributed by atoms with Gasteiger partial charge < -0.3 is 47.6 Å². The normalized spacial score (nSPS) is 13.8. The van der Waals surface area contributed by atoms with Crippen molar-refractivity contribution < 1.29 is 76.3 Å². The van der Waals surface area contributed by atoms with E-state index in [1.165, 1.54) is 35.6 Å². The number of ether oxygens (including phenoxy) is 8. The Morgan fingerprint density at radius 2 is 0.960 bits per heavy atom. The zero-order valence-corrected chi connectivity index (χ0v) is 56.9. The number of hydrogen-bond donors (Lipinski definition) is 4. The number of rotatable bonds is 19. The van der Waals surface area contributed by atoms with E-state index in [-0.39, 0.29) is 87.2 Å². The lowest BCUT2D eigenvalue weighted by Crippen LogP contribution is -2.48. The molecule has 8 aromatic rings. The summed E-state index contributed by atoms with van der Waals surface area (Å²) in [7, 11) is 0.567. The molecule has 6 aromatic carbocycles. The van der Waals surface area contributed by atoms with Crippen molar-refractivity contribution in [2.24, 2.45) is 0 Å². The van der Waals surface area contributed by atoms with Crippen molar-refractivity contribution in [3.05, 3.63) is 224 Å². The summed E-state index contributed by atoms with van der Waals surface area (Å²) < 4.78 is 53.1. The van der Waals surface area contributed by atoms with E-state index in [0.717, 1.165) is 22.3 Å². The molecule has 0 bridgehead atoms. The smallest absolute Gasteiger partial charge is 0.537 e. The standard InChI is InChI=1S/C36H40N4O8.C21H19BNO5.C15H23N3O5/c1-6-45-32(41)31-29-21-38(35(44)48-36(3,4)5)24(2)20-39(29)34(43)40(31)27-17-18-30(46-22-25-13-9-7-10-14-25)28(19-27)37-33(42)47-23-26-15-11-8-12-16-26;24-21(27-15-17-9-5-2-6-10-17)23-19-13-18(28-22-25)11-12-20(19)26-14-16-7-3-1-4-8-16;1-6-22-12(19)11-10-8-17(14(21)23-15(3,4)5)9(2)7-18(10)13(20)16-11/h7-19,24H,6,20-23H2,1-5H3,(H,37,42);1-13,25H,14-15H2,(H,23,24);9H,6-8H2,1-5H3,(H,16,20). The van der Waals surface area contributed by atoms with Gasteiger partial charge in [-0.3, -0.25) is 39.1 Å². The molecule has 27 heteroatoms. The average molecular weight is 1360 g/mol. The summed E-state index contributed by atoms with van der Waals surface area (Å²) in [5.74, 6) is -0.224. The molecule has 0 fully saturated rings. The van der Waals surface area contributed by atoms with Gasteiger partial charge in [0.1, 0.15) is 54.9 Å². The fourth-order valence-electron chi connectivity index (χ4n) is 10.3. The van der Waals surface area contributed by atoms with Gasteiger partial charge in [0, 0.05) is 19.2 Å². The monoisotopic (exact) mass is 1360 g/mol. The summed E-state index contributed by atoms with van der Waals surface area (Å²) in [6, 6.07) is 46.7. The van der Waals surface area contributed by atoms with Gasteiger partial charge in [-0.2, -0.15) is 0 Å². The third-order valence-corrected chi connectivity index (χ3v) is 14.9. The average Bonchev–Trinajstić information content (AvgIpc) is 1.60. The summed E-state index contributed by atoms with van der Waals surface area (Å²) in [6.07, 6.45) is -2.40. The summed E-state index contributed by atoms with van der Waals surface area (Å²) in [5, 5.41) is 14.2. The molecule has 521 valence electrons. The number of H-pyrrole nitrogens is 1. The van der Waals surface area contributed by atoms with E-state index >= 15 is 0 Å². The van der Waals surface area contributed by atoms with E-state index in [9.17, 15) is 38.4 Å². The second-order valence-corrected chi connectivity index (χ2v) is 24.7. The van der Waals surface area contributed by atoms with E-state index in [4.69, 9.17) is 47.6 Å². The first-order chi connectivity index (χ1) is 47.3. The number of hydrogen-bond acceptors (Lipinski definition) is 18. The van der Waals surface area contributed by atoms with Gasteiger partial charge in [-0.15, -0.1) is 0 Å². The van der Waals surface area contributed by atoms with Gasteiger partial charge in [-0.25, -0.2) is 38.4 Å². The van der Waals surface area contributed by atoms with Gasteiger partial charge in [-0.05, 0) is 122 Å². The number of esters is 2. The number of carbonyl (C=O) groups is 6. The molecule has 4 amide bonds. The maximum atomic E-state index is 14.0. The highest BCUT2D eigenvalue weighted by molar-refractivity contribution is 6.17. The highest BCUT2D eigenvalue weighted by Gasteiger charge is 2.38. The molecule has 0 saturated carbocycles. The van der Waals surface area contributed by atoms with Crippen molar-refractivity contribution in [2.45, 2.75) is 145 Å².